The highest BCUT2D eigenvalue weighted by Crippen LogP contribution is 2.33. The largest absolute Gasteiger partial charge is 0.460 e. The third kappa shape index (κ3) is 4.74. The predicted molar refractivity (Wildman–Crippen MR) is 75.3 cm³/mol. The van der Waals surface area contributed by atoms with Crippen LogP contribution in [0.15, 0.2) is 18.2 Å². The van der Waals surface area contributed by atoms with Gasteiger partial charge in [-0.2, -0.15) is 5.26 Å². The topological polar surface area (TPSA) is 50.1 Å². The fraction of sp³-hybridized carbons (Fsp3) is 0.429. The molecule has 0 aliphatic heterocycles. The molecule has 1 rings (SSSR count). The van der Waals surface area contributed by atoms with Crippen LogP contribution in [-0.4, -0.2) is 11.6 Å². The number of carbonyl (C=O) groups excluding carboxylic acids is 1. The smallest absolute Gasteiger partial charge is 0.307 e. The van der Waals surface area contributed by atoms with Gasteiger partial charge in [0, 0.05) is 15.6 Å². The van der Waals surface area contributed by atoms with Crippen molar-refractivity contribution in [3.63, 3.8) is 0 Å². The molecule has 0 N–H and O–H groups in total. The van der Waals surface area contributed by atoms with Gasteiger partial charge in [0.25, 0.3) is 0 Å². The van der Waals surface area contributed by atoms with Gasteiger partial charge >= 0.3 is 5.97 Å². The Balaban J connectivity index is 2.92. The van der Waals surface area contributed by atoms with E-state index in [1.165, 1.54) is 0 Å². The molecule has 0 aliphatic carbocycles. The van der Waals surface area contributed by atoms with Gasteiger partial charge in [-0.25, -0.2) is 0 Å². The Labute approximate surface area is 123 Å². The summed E-state index contributed by atoms with van der Waals surface area (Å²) in [7, 11) is 0. The lowest BCUT2D eigenvalue weighted by atomic mass is 9.97. The molecule has 3 nitrogen and oxygen atoms in total. The summed E-state index contributed by atoms with van der Waals surface area (Å²) in [6.45, 7) is 5.32. The minimum atomic E-state index is -0.712. The highest BCUT2D eigenvalue weighted by molar-refractivity contribution is 6.36. The van der Waals surface area contributed by atoms with E-state index in [1.807, 2.05) is 6.07 Å². The van der Waals surface area contributed by atoms with Gasteiger partial charge in [-0.3, -0.25) is 4.79 Å². The second-order valence-electron chi connectivity index (χ2n) is 5.11. The molecule has 19 heavy (non-hydrogen) atoms. The van der Waals surface area contributed by atoms with E-state index in [9.17, 15) is 10.1 Å². The molecular weight excluding hydrogens is 285 g/mol. The summed E-state index contributed by atoms with van der Waals surface area (Å²) in [5.41, 5.74) is -0.111. The molecule has 102 valence electrons. The zero-order chi connectivity index (χ0) is 14.6. The van der Waals surface area contributed by atoms with Crippen molar-refractivity contribution in [3.05, 3.63) is 33.8 Å². The van der Waals surface area contributed by atoms with E-state index in [-0.39, 0.29) is 6.42 Å². The van der Waals surface area contributed by atoms with Crippen LogP contribution in [0.2, 0.25) is 10.0 Å². The Hall–Kier alpha value is -1.24. The second kappa shape index (κ2) is 6.27. The molecule has 1 aromatic rings. The molecule has 0 aliphatic rings. The molecule has 0 heterocycles. The van der Waals surface area contributed by atoms with E-state index in [0.717, 1.165) is 0 Å². The molecule has 5 heteroatoms. The fourth-order valence-corrected chi connectivity index (χ4v) is 2.27. The number of hydrogen-bond donors (Lipinski definition) is 0. The molecule has 0 amide bonds. The molecule has 0 saturated carbocycles. The number of rotatable bonds is 3. The number of hydrogen-bond acceptors (Lipinski definition) is 3. The molecule has 0 spiro atoms. The normalized spacial score (nSPS) is 12.6. The number of nitrogens with zero attached hydrogens (tertiary/aromatic N) is 1. The highest BCUT2D eigenvalue weighted by Gasteiger charge is 2.24. The van der Waals surface area contributed by atoms with E-state index in [0.29, 0.717) is 15.6 Å². The first kappa shape index (κ1) is 15.8. The lowest BCUT2D eigenvalue weighted by Gasteiger charge is -2.21. The van der Waals surface area contributed by atoms with Gasteiger partial charge in [-0.1, -0.05) is 29.3 Å². The number of nitriles is 1. The van der Waals surface area contributed by atoms with Gasteiger partial charge in [0.05, 0.1) is 18.4 Å². The third-order valence-corrected chi connectivity index (χ3v) is 2.95. The minimum Gasteiger partial charge on any atom is -0.460 e. The van der Waals surface area contributed by atoms with Crippen LogP contribution in [0, 0.1) is 11.3 Å². The van der Waals surface area contributed by atoms with E-state index in [1.54, 1.807) is 39.0 Å². The Morgan fingerprint density at radius 3 is 2.32 bits per heavy atom. The number of esters is 1. The molecule has 1 atom stereocenters. The summed E-state index contributed by atoms with van der Waals surface area (Å²) in [6.07, 6.45) is -0.0722. The van der Waals surface area contributed by atoms with Crippen LogP contribution in [0.4, 0.5) is 0 Å². The molecular formula is C14H15Cl2NO2. The van der Waals surface area contributed by atoms with Crippen molar-refractivity contribution in [2.45, 2.75) is 38.7 Å². The molecule has 0 fully saturated rings. The first-order chi connectivity index (χ1) is 8.74. The van der Waals surface area contributed by atoms with Crippen molar-refractivity contribution in [2.75, 3.05) is 0 Å². The molecule has 1 unspecified atom stereocenters. The number of ether oxygens (including phenoxy) is 1. The van der Waals surface area contributed by atoms with Crippen molar-refractivity contribution < 1.29 is 9.53 Å². The minimum absolute atomic E-state index is 0.0722. The van der Waals surface area contributed by atoms with Crippen molar-refractivity contribution in [3.8, 4) is 6.07 Å². The number of carbonyl (C=O) groups is 1. The van der Waals surface area contributed by atoms with Crippen molar-refractivity contribution in [2.24, 2.45) is 0 Å². The lowest BCUT2D eigenvalue weighted by molar-refractivity contribution is -0.154. The Kier molecular flexibility index (Phi) is 5.22. The predicted octanol–water partition coefficient (Wildman–Crippen LogP) is 4.33. The maximum atomic E-state index is 11.8. The van der Waals surface area contributed by atoms with Crippen LogP contribution < -0.4 is 0 Å². The van der Waals surface area contributed by atoms with Crippen LogP contribution in [-0.2, 0) is 9.53 Å². The van der Waals surface area contributed by atoms with Crippen LogP contribution in [0.1, 0.15) is 38.7 Å². The first-order valence-corrected chi connectivity index (χ1v) is 6.55. The van der Waals surface area contributed by atoms with E-state index in [2.05, 4.69) is 0 Å². The summed E-state index contributed by atoms with van der Waals surface area (Å²) in [5, 5.41) is 9.96. The zero-order valence-corrected chi connectivity index (χ0v) is 12.5. The highest BCUT2D eigenvalue weighted by atomic mass is 35.5. The fourth-order valence-electron chi connectivity index (χ4n) is 1.61. The Bertz CT molecular complexity index is 495. The van der Waals surface area contributed by atoms with E-state index >= 15 is 0 Å². The maximum absolute atomic E-state index is 11.8. The molecule has 0 saturated heterocycles. The van der Waals surface area contributed by atoms with Gasteiger partial charge in [0.2, 0.25) is 0 Å². The molecule has 0 bridgehead atoms. The number of benzene rings is 1. The van der Waals surface area contributed by atoms with E-state index in [4.69, 9.17) is 27.9 Å². The van der Waals surface area contributed by atoms with Crippen molar-refractivity contribution in [1.29, 1.82) is 5.26 Å². The summed E-state index contributed by atoms with van der Waals surface area (Å²) >= 11 is 12.1. The molecule has 0 radical (unpaired) electrons. The summed E-state index contributed by atoms with van der Waals surface area (Å²) in [4.78, 5) is 11.8. The maximum Gasteiger partial charge on any atom is 0.307 e. The van der Waals surface area contributed by atoms with Gasteiger partial charge in [0.1, 0.15) is 5.60 Å². The van der Waals surface area contributed by atoms with E-state index < -0.39 is 17.5 Å². The Morgan fingerprint density at radius 2 is 1.89 bits per heavy atom. The van der Waals surface area contributed by atoms with Gasteiger partial charge in [0.15, 0.2) is 0 Å². The number of halogens is 2. The van der Waals surface area contributed by atoms with Gasteiger partial charge in [-0.05, 0) is 32.9 Å². The first-order valence-electron chi connectivity index (χ1n) is 5.80. The quantitative estimate of drug-likeness (QED) is 0.780. The molecule has 1 aromatic carbocycles. The average Bonchev–Trinajstić information content (AvgIpc) is 2.24. The van der Waals surface area contributed by atoms with Crippen molar-refractivity contribution in [1.82, 2.24) is 0 Å². The lowest BCUT2D eigenvalue weighted by Crippen LogP contribution is -2.24. The summed E-state index contributed by atoms with van der Waals surface area (Å²) < 4.78 is 5.20. The summed E-state index contributed by atoms with van der Waals surface area (Å²) in [6, 6.07) is 7.02. The second-order valence-corrected chi connectivity index (χ2v) is 5.92. The Morgan fingerprint density at radius 1 is 1.37 bits per heavy atom. The monoisotopic (exact) mass is 299 g/mol. The molecule has 0 aromatic heterocycles. The summed E-state index contributed by atoms with van der Waals surface area (Å²) in [5.74, 6) is -1.16. The van der Waals surface area contributed by atoms with Gasteiger partial charge < -0.3 is 4.74 Å². The SMILES string of the molecule is CC(C)(C)OC(=O)CC(C#N)c1c(Cl)cccc1Cl. The van der Waals surface area contributed by atoms with Crippen LogP contribution in [0.3, 0.4) is 0 Å². The van der Waals surface area contributed by atoms with Crippen molar-refractivity contribution >= 4 is 29.2 Å². The zero-order valence-electron chi connectivity index (χ0n) is 11.0. The van der Waals surface area contributed by atoms with Crippen LogP contribution >= 0.6 is 23.2 Å². The van der Waals surface area contributed by atoms with Gasteiger partial charge in [-0.15, -0.1) is 0 Å². The standard InChI is InChI=1S/C14H15Cl2NO2/c1-14(2,3)19-12(18)7-9(8-17)13-10(15)5-4-6-11(13)16/h4-6,9H,7H2,1-3H3. The van der Waals surface area contributed by atoms with Crippen LogP contribution in [0.25, 0.3) is 0 Å². The average molecular weight is 300 g/mol. The van der Waals surface area contributed by atoms with Crippen LogP contribution in [0.5, 0.6) is 0 Å². The third-order valence-electron chi connectivity index (χ3n) is 2.29.